The van der Waals surface area contributed by atoms with Crippen molar-refractivity contribution < 1.29 is 32.2 Å². The summed E-state index contributed by atoms with van der Waals surface area (Å²) in [6.07, 6.45) is -7.64. The summed E-state index contributed by atoms with van der Waals surface area (Å²) in [5.74, 6) is -1.37. The predicted octanol–water partition coefficient (Wildman–Crippen LogP) is 1.63. The second-order valence-electron chi connectivity index (χ2n) is 3.89. The van der Waals surface area contributed by atoms with Crippen LogP contribution in [0, 0.1) is 5.82 Å². The lowest BCUT2D eigenvalue weighted by Gasteiger charge is -2.15. The van der Waals surface area contributed by atoms with Crippen LogP contribution in [0.3, 0.4) is 0 Å². The van der Waals surface area contributed by atoms with Crippen molar-refractivity contribution in [1.29, 1.82) is 0 Å². The molecule has 0 bridgehead atoms. The van der Waals surface area contributed by atoms with Crippen LogP contribution in [0.1, 0.15) is 6.42 Å². The summed E-state index contributed by atoms with van der Waals surface area (Å²) < 4.78 is 53.9. The molecule has 0 aliphatic rings. The largest absolute Gasteiger partial charge is 0.490 e. The zero-order valence-corrected chi connectivity index (χ0v) is 10.3. The molecule has 1 aromatic rings. The third-order valence-electron chi connectivity index (χ3n) is 2.29. The second-order valence-corrected chi connectivity index (χ2v) is 3.89. The number of alkyl halides is 3. The highest BCUT2D eigenvalue weighted by atomic mass is 19.4. The van der Waals surface area contributed by atoms with Crippen molar-refractivity contribution in [3.63, 3.8) is 0 Å². The molecule has 0 aromatic heterocycles. The lowest BCUT2D eigenvalue weighted by molar-refractivity contribution is -0.201. The lowest BCUT2D eigenvalue weighted by atomic mass is 10.3. The number of carbonyl (C=O) groups excluding carboxylic acids is 1. The molecule has 8 heteroatoms. The van der Waals surface area contributed by atoms with Crippen molar-refractivity contribution in [1.82, 2.24) is 5.32 Å². The van der Waals surface area contributed by atoms with Gasteiger partial charge in [-0.2, -0.15) is 13.2 Å². The number of para-hydroxylation sites is 1. The number of amides is 1. The molecule has 1 unspecified atom stereocenters. The van der Waals surface area contributed by atoms with Crippen LogP contribution in [0.15, 0.2) is 24.3 Å². The van der Waals surface area contributed by atoms with Crippen LogP contribution in [-0.4, -0.2) is 36.4 Å². The second kappa shape index (κ2) is 7.09. The Balaban J connectivity index is 2.26. The molecule has 0 fully saturated rings. The van der Waals surface area contributed by atoms with E-state index in [9.17, 15) is 22.4 Å². The first-order chi connectivity index (χ1) is 9.30. The zero-order valence-electron chi connectivity index (χ0n) is 10.3. The van der Waals surface area contributed by atoms with Gasteiger partial charge in [0.05, 0.1) is 19.6 Å². The minimum atomic E-state index is -4.78. The van der Waals surface area contributed by atoms with Crippen molar-refractivity contribution in [3.05, 3.63) is 30.1 Å². The number of rotatable bonds is 6. The molecule has 0 heterocycles. The fourth-order valence-electron chi connectivity index (χ4n) is 1.23. The Labute approximate surface area is 112 Å². The summed E-state index contributed by atoms with van der Waals surface area (Å²) in [5, 5.41) is 10.6. The zero-order chi connectivity index (χ0) is 15.2. The molecular weight excluding hydrogens is 282 g/mol. The van der Waals surface area contributed by atoms with Crippen molar-refractivity contribution in [2.24, 2.45) is 0 Å². The van der Waals surface area contributed by atoms with Crippen molar-refractivity contribution in [2.75, 3.05) is 13.2 Å². The highest BCUT2D eigenvalue weighted by Crippen LogP contribution is 2.19. The molecule has 0 aliphatic heterocycles. The van der Waals surface area contributed by atoms with E-state index >= 15 is 0 Å². The van der Waals surface area contributed by atoms with Gasteiger partial charge < -0.3 is 15.2 Å². The maximum absolute atomic E-state index is 13.1. The summed E-state index contributed by atoms with van der Waals surface area (Å²) in [5.41, 5.74) is 0. The van der Waals surface area contributed by atoms with E-state index < -0.39 is 30.5 Å². The number of halogens is 4. The first-order valence-electron chi connectivity index (χ1n) is 5.69. The molecule has 20 heavy (non-hydrogen) atoms. The molecule has 1 rings (SSSR count). The molecule has 0 saturated carbocycles. The monoisotopic (exact) mass is 295 g/mol. The number of ether oxygens (including phenoxy) is 1. The summed E-state index contributed by atoms with van der Waals surface area (Å²) in [7, 11) is 0. The predicted molar refractivity (Wildman–Crippen MR) is 61.6 cm³/mol. The van der Waals surface area contributed by atoms with Gasteiger partial charge in [-0.3, -0.25) is 4.79 Å². The molecule has 0 saturated heterocycles. The topological polar surface area (TPSA) is 58.6 Å². The minimum absolute atomic E-state index is 0.0457. The van der Waals surface area contributed by atoms with Crippen LogP contribution in [0.25, 0.3) is 0 Å². The molecule has 4 nitrogen and oxygen atoms in total. The van der Waals surface area contributed by atoms with E-state index in [1.807, 2.05) is 5.32 Å². The SMILES string of the molecule is O=C(CCOc1ccccc1F)NCC(O)C(F)(F)F. The Morgan fingerprint density at radius 2 is 2.00 bits per heavy atom. The summed E-state index contributed by atoms with van der Waals surface area (Å²) in [6, 6.07) is 5.54. The van der Waals surface area contributed by atoms with Crippen molar-refractivity contribution in [2.45, 2.75) is 18.7 Å². The summed E-state index contributed by atoms with van der Waals surface area (Å²) in [4.78, 5) is 11.2. The van der Waals surface area contributed by atoms with Crippen molar-refractivity contribution >= 4 is 5.91 Å². The van der Waals surface area contributed by atoms with Gasteiger partial charge in [-0.15, -0.1) is 0 Å². The Morgan fingerprint density at radius 1 is 1.35 bits per heavy atom. The van der Waals surface area contributed by atoms with Crippen LogP contribution in [0.4, 0.5) is 17.6 Å². The van der Waals surface area contributed by atoms with Gasteiger partial charge in [-0.25, -0.2) is 4.39 Å². The smallest absolute Gasteiger partial charge is 0.416 e. The maximum Gasteiger partial charge on any atom is 0.416 e. The minimum Gasteiger partial charge on any atom is -0.490 e. The van der Waals surface area contributed by atoms with E-state index in [0.717, 1.165) is 0 Å². The molecule has 1 amide bonds. The fraction of sp³-hybridized carbons (Fsp3) is 0.417. The molecule has 0 radical (unpaired) electrons. The number of aliphatic hydroxyl groups excluding tert-OH is 1. The highest BCUT2D eigenvalue weighted by molar-refractivity contribution is 5.76. The van der Waals surface area contributed by atoms with Gasteiger partial charge in [0.1, 0.15) is 0 Å². The van der Waals surface area contributed by atoms with E-state index in [0.29, 0.717) is 0 Å². The van der Waals surface area contributed by atoms with Crippen LogP contribution in [0.2, 0.25) is 0 Å². The number of benzene rings is 1. The van der Waals surface area contributed by atoms with Gasteiger partial charge in [-0.05, 0) is 12.1 Å². The van der Waals surface area contributed by atoms with Crippen molar-refractivity contribution in [3.8, 4) is 5.75 Å². The van der Waals surface area contributed by atoms with Gasteiger partial charge in [-0.1, -0.05) is 12.1 Å². The average molecular weight is 295 g/mol. The van der Waals surface area contributed by atoms with E-state index in [4.69, 9.17) is 9.84 Å². The number of nitrogens with one attached hydrogen (secondary N) is 1. The molecule has 0 spiro atoms. The molecule has 1 aromatic carbocycles. The third-order valence-corrected chi connectivity index (χ3v) is 2.29. The number of hydrogen-bond donors (Lipinski definition) is 2. The number of aliphatic hydroxyl groups is 1. The van der Waals surface area contributed by atoms with E-state index in [2.05, 4.69) is 0 Å². The van der Waals surface area contributed by atoms with Gasteiger partial charge in [0.15, 0.2) is 17.7 Å². The Morgan fingerprint density at radius 3 is 2.60 bits per heavy atom. The number of hydrogen-bond acceptors (Lipinski definition) is 3. The summed E-state index contributed by atoms with van der Waals surface area (Å²) >= 11 is 0. The molecule has 2 N–H and O–H groups in total. The lowest BCUT2D eigenvalue weighted by Crippen LogP contribution is -2.40. The fourth-order valence-corrected chi connectivity index (χ4v) is 1.23. The van der Waals surface area contributed by atoms with E-state index in [1.54, 1.807) is 0 Å². The first-order valence-corrected chi connectivity index (χ1v) is 5.69. The van der Waals surface area contributed by atoms with E-state index in [-0.39, 0.29) is 18.8 Å². The normalized spacial score (nSPS) is 12.8. The molecule has 112 valence electrons. The van der Waals surface area contributed by atoms with Gasteiger partial charge in [0.2, 0.25) is 5.91 Å². The summed E-state index contributed by atoms with van der Waals surface area (Å²) in [6.45, 7) is -1.11. The highest BCUT2D eigenvalue weighted by Gasteiger charge is 2.38. The van der Waals surface area contributed by atoms with Crippen LogP contribution in [0.5, 0.6) is 5.75 Å². The molecular formula is C12H13F4NO3. The van der Waals surface area contributed by atoms with Crippen LogP contribution in [-0.2, 0) is 4.79 Å². The number of carbonyl (C=O) groups is 1. The third kappa shape index (κ3) is 5.43. The van der Waals surface area contributed by atoms with Crippen LogP contribution < -0.4 is 10.1 Å². The average Bonchev–Trinajstić information content (AvgIpc) is 2.37. The maximum atomic E-state index is 13.1. The molecule has 0 aliphatic carbocycles. The van der Waals surface area contributed by atoms with Gasteiger partial charge >= 0.3 is 6.18 Å². The Bertz CT molecular complexity index is 451. The first kappa shape index (κ1) is 16.2. The Kier molecular flexibility index (Phi) is 5.75. The van der Waals surface area contributed by atoms with Crippen LogP contribution >= 0.6 is 0 Å². The Hall–Kier alpha value is -1.83. The molecule has 1 atom stereocenters. The standard InChI is InChI=1S/C12H13F4NO3/c13-8-3-1-2-4-9(8)20-6-5-11(19)17-7-10(18)12(14,15)16/h1-4,10,18H,5-7H2,(H,17,19). The van der Waals surface area contributed by atoms with E-state index in [1.165, 1.54) is 24.3 Å². The van der Waals surface area contributed by atoms with Gasteiger partial charge in [0.25, 0.3) is 0 Å². The quantitative estimate of drug-likeness (QED) is 0.784. The van der Waals surface area contributed by atoms with Gasteiger partial charge in [0, 0.05) is 0 Å².